The summed E-state index contributed by atoms with van der Waals surface area (Å²) in [5, 5.41) is 19.9. The number of carbonyl (C=O) groups excluding carboxylic acids is 1. The zero-order chi connectivity index (χ0) is 29.7. The number of amides is 1. The van der Waals surface area contributed by atoms with E-state index in [0.29, 0.717) is 22.2 Å². The number of carbonyl (C=O) groups is 1. The predicted molar refractivity (Wildman–Crippen MR) is 145 cm³/mol. The molecule has 0 bridgehead atoms. The lowest BCUT2D eigenvalue weighted by molar-refractivity contribution is -0.00501. The third-order valence-corrected chi connectivity index (χ3v) is 7.40. The molecule has 214 valence electrons. The Balaban J connectivity index is 1.76. The lowest BCUT2D eigenvalue weighted by Gasteiger charge is -2.31. The molecule has 1 aliphatic heterocycles. The monoisotopic (exact) mass is 566 g/mol. The number of alkyl halides is 1. The lowest BCUT2D eigenvalue weighted by atomic mass is 9.83. The van der Waals surface area contributed by atoms with E-state index in [4.69, 9.17) is 15.2 Å². The van der Waals surface area contributed by atoms with Gasteiger partial charge in [0.15, 0.2) is 5.82 Å². The first-order chi connectivity index (χ1) is 19.3. The van der Waals surface area contributed by atoms with Gasteiger partial charge in [0.2, 0.25) is 5.91 Å². The van der Waals surface area contributed by atoms with Crippen LogP contribution in [0.2, 0.25) is 0 Å². The molecule has 4 aromatic rings. The molecule has 5 rings (SSSR count). The van der Waals surface area contributed by atoms with E-state index in [9.17, 15) is 18.7 Å². The fourth-order valence-corrected chi connectivity index (χ4v) is 5.25. The number of nitrogens with two attached hydrogens (primary N) is 1. The fraction of sp³-hybridized carbons (Fsp3) is 0.333. The molecule has 11 heteroatoms. The van der Waals surface area contributed by atoms with E-state index in [1.54, 1.807) is 13.0 Å². The average Bonchev–Trinajstić information content (AvgIpc) is 3.30. The van der Waals surface area contributed by atoms with Crippen LogP contribution in [-0.2, 0) is 22.4 Å². The van der Waals surface area contributed by atoms with Crippen LogP contribution in [0, 0.1) is 18.6 Å². The Morgan fingerprint density at radius 2 is 1.90 bits per heavy atom. The van der Waals surface area contributed by atoms with Crippen LogP contribution in [0.4, 0.5) is 13.2 Å². The van der Waals surface area contributed by atoms with Crippen molar-refractivity contribution in [2.24, 2.45) is 5.73 Å². The van der Waals surface area contributed by atoms with Crippen LogP contribution in [0.1, 0.15) is 53.1 Å². The van der Waals surface area contributed by atoms with E-state index in [-0.39, 0.29) is 53.3 Å². The highest BCUT2D eigenvalue weighted by Crippen LogP contribution is 2.44. The number of aryl methyl sites for hydroxylation is 1. The molecule has 1 saturated heterocycles. The predicted octanol–water partition coefficient (Wildman–Crippen LogP) is 4.81. The second-order valence-electron chi connectivity index (χ2n) is 10.8. The SMILES string of the molecule is COc1cc(C(N)=O)cc2c(C[C@]3(c4cc(C(C)(C)O)c(F)c(-c5ccc(F)cc5)n4)C[C@@H](F)CO3)c(C)nnc12. The summed E-state index contributed by atoms with van der Waals surface area (Å²) in [4.78, 5) is 16.7. The minimum absolute atomic E-state index is 0.0173. The van der Waals surface area contributed by atoms with Gasteiger partial charge in [-0.05, 0) is 68.8 Å². The summed E-state index contributed by atoms with van der Waals surface area (Å²) in [6, 6.07) is 9.51. The van der Waals surface area contributed by atoms with Crippen LogP contribution in [0.15, 0.2) is 42.5 Å². The molecule has 3 N–H and O–H groups in total. The van der Waals surface area contributed by atoms with E-state index < -0.39 is 34.9 Å². The largest absolute Gasteiger partial charge is 0.494 e. The normalized spacial score (nSPS) is 19.1. The van der Waals surface area contributed by atoms with Crippen LogP contribution >= 0.6 is 0 Å². The van der Waals surface area contributed by atoms with Gasteiger partial charge in [-0.25, -0.2) is 18.2 Å². The van der Waals surface area contributed by atoms with Crippen molar-refractivity contribution in [3.05, 3.63) is 82.2 Å². The van der Waals surface area contributed by atoms with E-state index in [2.05, 4.69) is 15.2 Å². The Bertz CT molecular complexity index is 1660. The maximum atomic E-state index is 15.8. The van der Waals surface area contributed by atoms with Crippen LogP contribution in [0.25, 0.3) is 22.2 Å². The Hall–Kier alpha value is -4.09. The minimum Gasteiger partial charge on any atom is -0.494 e. The number of fused-ring (bicyclic) bond motifs is 1. The maximum absolute atomic E-state index is 15.8. The van der Waals surface area contributed by atoms with E-state index in [1.165, 1.54) is 57.4 Å². The lowest BCUT2D eigenvalue weighted by Crippen LogP contribution is -2.32. The highest BCUT2D eigenvalue weighted by molar-refractivity contribution is 6.00. The molecule has 0 radical (unpaired) electrons. The van der Waals surface area contributed by atoms with Crippen molar-refractivity contribution in [1.82, 2.24) is 15.2 Å². The van der Waals surface area contributed by atoms with Gasteiger partial charge in [-0.3, -0.25) is 4.79 Å². The molecule has 0 aliphatic carbocycles. The van der Waals surface area contributed by atoms with Crippen molar-refractivity contribution in [2.75, 3.05) is 13.7 Å². The van der Waals surface area contributed by atoms with Gasteiger partial charge < -0.3 is 20.3 Å². The number of ether oxygens (including phenoxy) is 2. The van der Waals surface area contributed by atoms with Crippen LogP contribution in [0.5, 0.6) is 5.75 Å². The third-order valence-electron chi connectivity index (χ3n) is 7.40. The van der Waals surface area contributed by atoms with E-state index in [1.807, 2.05) is 0 Å². The van der Waals surface area contributed by atoms with Gasteiger partial charge in [0.25, 0.3) is 0 Å². The number of aromatic nitrogens is 3. The number of rotatable bonds is 7. The number of pyridine rings is 1. The number of benzene rings is 2. The summed E-state index contributed by atoms with van der Waals surface area (Å²) in [5.41, 5.74) is 4.32. The molecule has 41 heavy (non-hydrogen) atoms. The second-order valence-corrected chi connectivity index (χ2v) is 10.8. The molecular weight excluding hydrogens is 537 g/mol. The van der Waals surface area contributed by atoms with Crippen molar-refractivity contribution in [1.29, 1.82) is 0 Å². The summed E-state index contributed by atoms with van der Waals surface area (Å²) in [5.74, 6) is -1.71. The molecule has 0 unspecified atom stereocenters. The van der Waals surface area contributed by atoms with Gasteiger partial charge in [0.05, 0.1) is 30.7 Å². The number of hydrogen-bond donors (Lipinski definition) is 2. The molecule has 1 fully saturated rings. The number of primary amides is 1. The van der Waals surface area contributed by atoms with Gasteiger partial charge >= 0.3 is 0 Å². The summed E-state index contributed by atoms with van der Waals surface area (Å²) in [7, 11) is 1.42. The van der Waals surface area contributed by atoms with Gasteiger partial charge in [0, 0.05) is 34.9 Å². The van der Waals surface area contributed by atoms with Crippen molar-refractivity contribution < 1.29 is 32.5 Å². The molecule has 2 aromatic carbocycles. The first kappa shape index (κ1) is 28.4. The van der Waals surface area contributed by atoms with Crippen molar-refractivity contribution in [3.8, 4) is 17.0 Å². The highest BCUT2D eigenvalue weighted by atomic mass is 19.1. The third kappa shape index (κ3) is 5.22. The minimum atomic E-state index is -1.64. The first-order valence-corrected chi connectivity index (χ1v) is 12.9. The topological polar surface area (TPSA) is 120 Å². The number of aliphatic hydroxyl groups is 1. The number of methoxy groups -OCH3 is 1. The zero-order valence-corrected chi connectivity index (χ0v) is 23.0. The number of halogens is 3. The summed E-state index contributed by atoms with van der Waals surface area (Å²) in [6.07, 6.45) is -1.47. The highest BCUT2D eigenvalue weighted by Gasteiger charge is 2.46. The maximum Gasteiger partial charge on any atom is 0.248 e. The Morgan fingerprint density at radius 1 is 1.20 bits per heavy atom. The molecule has 0 saturated carbocycles. The van der Waals surface area contributed by atoms with Gasteiger partial charge in [-0.15, -0.1) is 5.10 Å². The standard InChI is InChI=1S/C30H29F3N4O4/c1-15-21(20-9-17(28(34)38)10-23(40-4)27(20)37-36-15)13-30(12-19(32)14-41-30)24-11-22(29(2,3)39)25(33)26(35-24)16-5-7-18(31)8-6-16/h5-11,19,39H,12-14H2,1-4H3,(H2,34,38)/t19-,30+/m1/s1. The van der Waals surface area contributed by atoms with Crippen LogP contribution < -0.4 is 10.5 Å². The molecule has 0 spiro atoms. The quantitative estimate of drug-likeness (QED) is 0.329. The van der Waals surface area contributed by atoms with Gasteiger partial charge in [0.1, 0.15) is 34.6 Å². The molecular formula is C30H29F3N4O4. The van der Waals surface area contributed by atoms with Gasteiger partial charge in [-0.1, -0.05) is 0 Å². The Labute approximate surface area is 234 Å². The van der Waals surface area contributed by atoms with Crippen molar-refractivity contribution >= 4 is 16.8 Å². The summed E-state index contributed by atoms with van der Waals surface area (Å²) < 4.78 is 56.0. The first-order valence-electron chi connectivity index (χ1n) is 12.9. The second kappa shape index (κ2) is 10.4. The molecule has 1 aliphatic rings. The van der Waals surface area contributed by atoms with E-state index >= 15 is 4.39 Å². The number of hydrogen-bond acceptors (Lipinski definition) is 7. The Morgan fingerprint density at radius 3 is 2.49 bits per heavy atom. The van der Waals surface area contributed by atoms with Gasteiger partial charge in [-0.2, -0.15) is 5.10 Å². The molecule has 1 amide bonds. The van der Waals surface area contributed by atoms with Crippen LogP contribution in [-0.4, -0.2) is 46.1 Å². The smallest absolute Gasteiger partial charge is 0.248 e. The number of nitrogens with zero attached hydrogens (tertiary/aromatic N) is 3. The van der Waals surface area contributed by atoms with E-state index in [0.717, 1.165) is 0 Å². The molecule has 2 atom stereocenters. The molecule has 2 aromatic heterocycles. The zero-order valence-electron chi connectivity index (χ0n) is 23.0. The fourth-order valence-electron chi connectivity index (χ4n) is 5.25. The van der Waals surface area contributed by atoms with Crippen molar-refractivity contribution in [3.63, 3.8) is 0 Å². The molecule has 3 heterocycles. The summed E-state index contributed by atoms with van der Waals surface area (Å²) in [6.45, 7) is 4.32. The average molecular weight is 567 g/mol. The van der Waals surface area contributed by atoms with Crippen molar-refractivity contribution in [2.45, 2.75) is 51.0 Å². The Kier molecular flexibility index (Phi) is 7.20. The van der Waals surface area contributed by atoms with Crippen LogP contribution in [0.3, 0.4) is 0 Å². The molecule has 8 nitrogen and oxygen atoms in total. The summed E-state index contributed by atoms with van der Waals surface area (Å²) >= 11 is 0.